The maximum atomic E-state index is 13.6. The Bertz CT molecular complexity index is 1180. The average Bonchev–Trinajstić information content (AvgIpc) is 3.04. The zero-order chi connectivity index (χ0) is 21.5. The lowest BCUT2D eigenvalue weighted by atomic mass is 9.98. The van der Waals surface area contributed by atoms with Gasteiger partial charge in [0, 0.05) is 55.6 Å². The minimum absolute atomic E-state index is 0.0347. The van der Waals surface area contributed by atoms with Crippen LogP contribution in [0.15, 0.2) is 47.5 Å². The van der Waals surface area contributed by atoms with Crippen LogP contribution in [-0.4, -0.2) is 43.5 Å². The molecule has 5 heterocycles. The van der Waals surface area contributed by atoms with Crippen LogP contribution < -0.4 is 10.2 Å². The molecule has 1 amide bonds. The summed E-state index contributed by atoms with van der Waals surface area (Å²) in [6.07, 6.45) is 6.84. The lowest BCUT2D eigenvalue weighted by molar-refractivity contribution is 0.0346. The van der Waals surface area contributed by atoms with Crippen LogP contribution in [0.1, 0.15) is 48.7 Å². The van der Waals surface area contributed by atoms with Crippen molar-refractivity contribution in [3.63, 3.8) is 0 Å². The number of rotatable bonds is 4. The molecule has 2 unspecified atom stereocenters. The molecule has 2 aliphatic heterocycles. The number of piperidine rings is 1. The molecule has 3 aromatic heterocycles. The highest BCUT2D eigenvalue weighted by Crippen LogP contribution is 2.38. The van der Waals surface area contributed by atoms with Crippen molar-refractivity contribution in [3.8, 4) is 5.88 Å². The van der Waals surface area contributed by atoms with Gasteiger partial charge >= 0.3 is 0 Å². The number of aryl methyl sites for hydroxylation is 2. The number of hydrogen-bond donors (Lipinski definition) is 0. The third-order valence-corrected chi connectivity index (χ3v) is 6.48. The van der Waals surface area contributed by atoms with Crippen LogP contribution in [-0.2, 0) is 6.54 Å². The molecule has 2 atom stereocenters. The second-order valence-electron chi connectivity index (χ2n) is 8.46. The molecule has 3 aromatic rings. The van der Waals surface area contributed by atoms with E-state index in [1.807, 2.05) is 47.6 Å². The predicted molar refractivity (Wildman–Crippen MR) is 117 cm³/mol. The monoisotopic (exact) mass is 418 g/mol. The summed E-state index contributed by atoms with van der Waals surface area (Å²) in [5, 5.41) is 0.499. The molecule has 5 rings (SSSR count). The normalized spacial score (nSPS) is 22.6. The van der Waals surface area contributed by atoms with Gasteiger partial charge in [-0.2, -0.15) is 0 Å². The topological polar surface area (TPSA) is 77.3 Å². The van der Waals surface area contributed by atoms with Gasteiger partial charge in [0.15, 0.2) is 0 Å². The minimum Gasteiger partial charge on any atom is -0.474 e. The maximum Gasteiger partial charge on any atom is 0.259 e. The first kappa shape index (κ1) is 19.7. The summed E-state index contributed by atoms with van der Waals surface area (Å²) in [7, 11) is 0. The molecule has 0 spiro atoms. The molecule has 31 heavy (non-hydrogen) atoms. The standard InChI is InChI=1S/C24H26N4O3/c1-3-27-14-20(22(29)19-10-7-15(2)26-23(19)27)24(30)28-16-8-9-17(28)13-18(12-16)31-21-6-4-5-11-25-21/h4-7,10-11,14,16-18H,3,8-9,12-13H2,1-2H3. The Morgan fingerprint density at radius 2 is 1.94 bits per heavy atom. The van der Waals surface area contributed by atoms with E-state index in [9.17, 15) is 9.59 Å². The van der Waals surface area contributed by atoms with Crippen LogP contribution >= 0.6 is 0 Å². The van der Waals surface area contributed by atoms with Gasteiger partial charge in [0.1, 0.15) is 17.3 Å². The van der Waals surface area contributed by atoms with Crippen LogP contribution in [0.25, 0.3) is 11.0 Å². The number of aromatic nitrogens is 3. The van der Waals surface area contributed by atoms with E-state index in [1.54, 1.807) is 18.5 Å². The van der Waals surface area contributed by atoms with Gasteiger partial charge in [-0.25, -0.2) is 9.97 Å². The summed E-state index contributed by atoms with van der Waals surface area (Å²) in [4.78, 5) is 37.5. The molecule has 0 radical (unpaired) electrons. The first-order chi connectivity index (χ1) is 15.0. The largest absolute Gasteiger partial charge is 0.474 e. The summed E-state index contributed by atoms with van der Waals surface area (Å²) < 4.78 is 7.97. The minimum atomic E-state index is -0.233. The molecule has 0 N–H and O–H groups in total. The van der Waals surface area contributed by atoms with Crippen LogP contribution in [0.3, 0.4) is 0 Å². The van der Waals surface area contributed by atoms with Gasteiger partial charge in [0.25, 0.3) is 5.91 Å². The fraction of sp³-hybridized carbons (Fsp3) is 0.417. The van der Waals surface area contributed by atoms with E-state index in [0.717, 1.165) is 31.4 Å². The highest BCUT2D eigenvalue weighted by molar-refractivity contribution is 5.97. The summed E-state index contributed by atoms with van der Waals surface area (Å²) in [5.74, 6) is 0.452. The van der Waals surface area contributed by atoms with Crippen molar-refractivity contribution >= 4 is 16.9 Å². The molecule has 0 saturated carbocycles. The molecule has 2 aliphatic rings. The van der Waals surface area contributed by atoms with Gasteiger partial charge in [-0.3, -0.25) is 9.59 Å². The zero-order valence-corrected chi connectivity index (χ0v) is 17.8. The molecular formula is C24H26N4O3. The van der Waals surface area contributed by atoms with Crippen LogP contribution in [0, 0.1) is 6.92 Å². The van der Waals surface area contributed by atoms with Crippen LogP contribution in [0.2, 0.25) is 0 Å². The summed E-state index contributed by atoms with van der Waals surface area (Å²) >= 11 is 0. The molecule has 2 bridgehead atoms. The van der Waals surface area contributed by atoms with E-state index >= 15 is 0 Å². The number of pyridine rings is 3. The Morgan fingerprint density at radius 1 is 1.16 bits per heavy atom. The van der Waals surface area contributed by atoms with Crippen molar-refractivity contribution < 1.29 is 9.53 Å². The smallest absolute Gasteiger partial charge is 0.259 e. The van der Waals surface area contributed by atoms with Gasteiger partial charge in [-0.15, -0.1) is 0 Å². The van der Waals surface area contributed by atoms with Crippen LogP contribution in [0.4, 0.5) is 0 Å². The SMILES string of the molecule is CCn1cc(C(=O)N2C3CCC2CC(Oc2ccccn2)C3)c(=O)c2ccc(C)nc21. The quantitative estimate of drug-likeness (QED) is 0.650. The fourth-order valence-corrected chi connectivity index (χ4v) is 5.03. The van der Waals surface area contributed by atoms with Crippen molar-refractivity contribution in [1.29, 1.82) is 0 Å². The Hall–Kier alpha value is -3.22. The molecule has 2 saturated heterocycles. The summed E-state index contributed by atoms with van der Waals surface area (Å²) in [6, 6.07) is 9.40. The van der Waals surface area contributed by atoms with Gasteiger partial charge in [0.2, 0.25) is 11.3 Å². The molecule has 0 aromatic carbocycles. The van der Waals surface area contributed by atoms with Crippen molar-refractivity contribution in [2.45, 2.75) is 64.3 Å². The second-order valence-corrected chi connectivity index (χ2v) is 8.46. The van der Waals surface area contributed by atoms with Crippen molar-refractivity contribution in [1.82, 2.24) is 19.4 Å². The first-order valence-corrected chi connectivity index (χ1v) is 11.0. The fourth-order valence-electron chi connectivity index (χ4n) is 5.03. The van der Waals surface area contributed by atoms with Crippen LogP contribution in [0.5, 0.6) is 5.88 Å². The van der Waals surface area contributed by atoms with Gasteiger partial charge < -0.3 is 14.2 Å². The maximum absolute atomic E-state index is 13.6. The van der Waals surface area contributed by atoms with E-state index in [0.29, 0.717) is 23.5 Å². The second kappa shape index (κ2) is 7.80. The highest BCUT2D eigenvalue weighted by Gasteiger charge is 2.45. The first-order valence-electron chi connectivity index (χ1n) is 11.0. The predicted octanol–water partition coefficient (Wildman–Crippen LogP) is 3.33. The Kier molecular flexibility index (Phi) is 4.96. The molecule has 7 heteroatoms. The average molecular weight is 418 g/mol. The van der Waals surface area contributed by atoms with Crippen molar-refractivity contribution in [3.05, 3.63) is 64.2 Å². The van der Waals surface area contributed by atoms with Gasteiger partial charge in [-0.05, 0) is 44.9 Å². The molecule has 160 valence electrons. The van der Waals surface area contributed by atoms with Crippen molar-refractivity contribution in [2.75, 3.05) is 0 Å². The van der Waals surface area contributed by atoms with E-state index < -0.39 is 0 Å². The Labute approximate surface area is 180 Å². The lowest BCUT2D eigenvalue weighted by Crippen LogP contribution is -2.50. The number of carbonyl (C=O) groups is 1. The highest BCUT2D eigenvalue weighted by atomic mass is 16.5. The summed E-state index contributed by atoms with van der Waals surface area (Å²) in [5.41, 5.74) is 1.49. The number of nitrogens with zero attached hydrogens (tertiary/aromatic N) is 4. The van der Waals surface area contributed by atoms with E-state index in [2.05, 4.69) is 9.97 Å². The number of carbonyl (C=O) groups excluding carboxylic acids is 1. The molecule has 0 aliphatic carbocycles. The molecule has 7 nitrogen and oxygen atoms in total. The number of amides is 1. The van der Waals surface area contributed by atoms with Gasteiger partial charge in [-0.1, -0.05) is 6.07 Å². The third kappa shape index (κ3) is 3.48. The lowest BCUT2D eigenvalue weighted by Gasteiger charge is -2.38. The molecule has 2 fully saturated rings. The van der Waals surface area contributed by atoms with Crippen molar-refractivity contribution in [2.24, 2.45) is 0 Å². The Morgan fingerprint density at radius 3 is 2.61 bits per heavy atom. The van der Waals surface area contributed by atoms with Gasteiger partial charge in [0.05, 0.1) is 5.39 Å². The Balaban J connectivity index is 1.44. The van der Waals surface area contributed by atoms with E-state index in [4.69, 9.17) is 4.74 Å². The third-order valence-electron chi connectivity index (χ3n) is 6.48. The number of hydrogen-bond acceptors (Lipinski definition) is 5. The summed E-state index contributed by atoms with van der Waals surface area (Å²) in [6.45, 7) is 4.53. The zero-order valence-electron chi connectivity index (χ0n) is 17.8. The number of fused-ring (bicyclic) bond motifs is 3. The van der Waals surface area contributed by atoms with E-state index in [1.165, 1.54) is 0 Å². The molecular weight excluding hydrogens is 392 g/mol. The van der Waals surface area contributed by atoms with E-state index in [-0.39, 0.29) is 35.1 Å². The number of ether oxygens (including phenoxy) is 1.